The first kappa shape index (κ1) is 12.9. The molecule has 1 aromatic carbocycles. The van der Waals surface area contributed by atoms with E-state index in [1.54, 1.807) is 0 Å². The zero-order valence-electron chi connectivity index (χ0n) is 11.9. The Kier molecular flexibility index (Phi) is 3.50. The second-order valence-corrected chi connectivity index (χ2v) is 6.25. The van der Waals surface area contributed by atoms with Crippen molar-refractivity contribution in [3.8, 4) is 5.75 Å². The minimum absolute atomic E-state index is 0.0495. The molecule has 0 aromatic heterocycles. The molecule has 2 heterocycles. The van der Waals surface area contributed by atoms with Crippen molar-refractivity contribution in [2.24, 2.45) is 0 Å². The van der Waals surface area contributed by atoms with Gasteiger partial charge in [0.25, 0.3) is 0 Å². The minimum atomic E-state index is -0.0495. The number of hydrogen-bond donors (Lipinski definition) is 1. The van der Waals surface area contributed by atoms with Crippen LogP contribution in [-0.2, 0) is 17.7 Å². The molecule has 0 saturated carbocycles. The Balaban J connectivity index is 1.55. The zero-order chi connectivity index (χ0) is 13.3. The SMILES string of the molecule is CC1(C)Cc2cc(CNCC3CCCO3)ccc2O1. The topological polar surface area (TPSA) is 30.5 Å². The molecule has 1 fully saturated rings. The Morgan fingerprint density at radius 1 is 1.37 bits per heavy atom. The van der Waals surface area contributed by atoms with Crippen molar-refractivity contribution in [1.29, 1.82) is 0 Å². The van der Waals surface area contributed by atoms with Crippen LogP contribution in [-0.4, -0.2) is 24.9 Å². The van der Waals surface area contributed by atoms with Gasteiger partial charge in [-0.25, -0.2) is 0 Å². The van der Waals surface area contributed by atoms with Gasteiger partial charge in [-0.05, 0) is 43.9 Å². The summed E-state index contributed by atoms with van der Waals surface area (Å²) in [7, 11) is 0. The van der Waals surface area contributed by atoms with Gasteiger partial charge >= 0.3 is 0 Å². The lowest BCUT2D eigenvalue weighted by molar-refractivity contribution is 0.110. The number of rotatable bonds is 4. The predicted octanol–water partition coefficient (Wildman–Crippen LogP) is 2.67. The molecule has 0 amide bonds. The highest BCUT2D eigenvalue weighted by Crippen LogP contribution is 2.35. The third-order valence-electron chi connectivity index (χ3n) is 3.85. The van der Waals surface area contributed by atoms with Gasteiger partial charge in [0.05, 0.1) is 6.10 Å². The molecule has 1 aromatic rings. The molecule has 2 aliphatic heterocycles. The van der Waals surface area contributed by atoms with E-state index in [4.69, 9.17) is 9.47 Å². The van der Waals surface area contributed by atoms with E-state index < -0.39 is 0 Å². The Hall–Kier alpha value is -1.06. The lowest BCUT2D eigenvalue weighted by Gasteiger charge is -2.16. The summed E-state index contributed by atoms with van der Waals surface area (Å²) < 4.78 is 11.5. The number of benzene rings is 1. The van der Waals surface area contributed by atoms with Crippen molar-refractivity contribution in [2.45, 2.75) is 51.4 Å². The molecule has 19 heavy (non-hydrogen) atoms. The summed E-state index contributed by atoms with van der Waals surface area (Å²) in [5.41, 5.74) is 2.62. The van der Waals surface area contributed by atoms with E-state index in [2.05, 4.69) is 37.4 Å². The molecule has 2 aliphatic rings. The molecule has 1 N–H and O–H groups in total. The van der Waals surface area contributed by atoms with Crippen LogP contribution < -0.4 is 10.1 Å². The lowest BCUT2D eigenvalue weighted by atomic mass is 10.0. The average Bonchev–Trinajstić information content (AvgIpc) is 2.94. The molecule has 3 heteroatoms. The summed E-state index contributed by atoms with van der Waals surface area (Å²) in [5.74, 6) is 1.05. The molecule has 3 rings (SSSR count). The standard InChI is InChI=1S/C16H23NO2/c1-16(2)9-13-8-12(5-6-15(13)19-16)10-17-11-14-4-3-7-18-14/h5-6,8,14,17H,3-4,7,9-11H2,1-2H3. The minimum Gasteiger partial charge on any atom is -0.487 e. The van der Waals surface area contributed by atoms with Crippen LogP contribution in [0.4, 0.5) is 0 Å². The number of hydrogen-bond acceptors (Lipinski definition) is 3. The molecule has 0 spiro atoms. The summed E-state index contributed by atoms with van der Waals surface area (Å²) in [6.45, 7) is 7.08. The Morgan fingerprint density at radius 2 is 2.26 bits per heavy atom. The van der Waals surface area contributed by atoms with Crippen LogP contribution in [0, 0.1) is 0 Å². The number of ether oxygens (including phenoxy) is 2. The fourth-order valence-electron chi connectivity index (χ4n) is 2.96. The van der Waals surface area contributed by atoms with E-state index in [9.17, 15) is 0 Å². The maximum absolute atomic E-state index is 5.89. The summed E-state index contributed by atoms with van der Waals surface area (Å²) in [6.07, 6.45) is 3.82. The first-order chi connectivity index (χ1) is 9.12. The van der Waals surface area contributed by atoms with Gasteiger partial charge in [0.1, 0.15) is 11.4 Å². The largest absolute Gasteiger partial charge is 0.487 e. The van der Waals surface area contributed by atoms with Gasteiger partial charge in [-0.3, -0.25) is 0 Å². The number of nitrogens with one attached hydrogen (secondary N) is 1. The third-order valence-corrected chi connectivity index (χ3v) is 3.85. The van der Waals surface area contributed by atoms with Crippen LogP contribution in [0.2, 0.25) is 0 Å². The second kappa shape index (κ2) is 5.14. The first-order valence-electron chi connectivity index (χ1n) is 7.25. The second-order valence-electron chi connectivity index (χ2n) is 6.25. The van der Waals surface area contributed by atoms with E-state index in [1.165, 1.54) is 24.0 Å². The highest BCUT2D eigenvalue weighted by molar-refractivity contribution is 5.41. The van der Waals surface area contributed by atoms with Gasteiger partial charge in [0, 0.05) is 26.1 Å². The Labute approximate surface area is 115 Å². The van der Waals surface area contributed by atoms with Gasteiger partial charge in [0.15, 0.2) is 0 Å². The summed E-state index contributed by atoms with van der Waals surface area (Å²) in [6, 6.07) is 6.53. The van der Waals surface area contributed by atoms with Crippen LogP contribution in [0.1, 0.15) is 37.8 Å². The van der Waals surface area contributed by atoms with Gasteiger partial charge in [-0.1, -0.05) is 12.1 Å². The normalized spacial score (nSPS) is 24.2. The fourth-order valence-corrected chi connectivity index (χ4v) is 2.96. The van der Waals surface area contributed by atoms with E-state index in [1.807, 2.05) is 0 Å². The molecule has 0 aliphatic carbocycles. The molecular weight excluding hydrogens is 238 g/mol. The quantitative estimate of drug-likeness (QED) is 0.904. The van der Waals surface area contributed by atoms with E-state index in [0.29, 0.717) is 6.10 Å². The predicted molar refractivity (Wildman–Crippen MR) is 75.5 cm³/mol. The molecule has 104 valence electrons. The van der Waals surface area contributed by atoms with Gasteiger partial charge in [-0.15, -0.1) is 0 Å². The van der Waals surface area contributed by atoms with Crippen molar-refractivity contribution in [2.75, 3.05) is 13.2 Å². The number of fused-ring (bicyclic) bond motifs is 1. The summed E-state index contributed by atoms with van der Waals surface area (Å²) >= 11 is 0. The molecule has 1 atom stereocenters. The molecular formula is C16H23NO2. The average molecular weight is 261 g/mol. The first-order valence-corrected chi connectivity index (χ1v) is 7.25. The molecule has 0 bridgehead atoms. The third kappa shape index (κ3) is 3.10. The highest BCUT2D eigenvalue weighted by atomic mass is 16.5. The lowest BCUT2D eigenvalue weighted by Crippen LogP contribution is -2.25. The van der Waals surface area contributed by atoms with E-state index in [-0.39, 0.29) is 5.60 Å². The van der Waals surface area contributed by atoms with Crippen molar-refractivity contribution >= 4 is 0 Å². The van der Waals surface area contributed by atoms with Gasteiger partial charge in [0.2, 0.25) is 0 Å². The maximum atomic E-state index is 5.89. The van der Waals surface area contributed by atoms with Crippen molar-refractivity contribution in [1.82, 2.24) is 5.32 Å². The van der Waals surface area contributed by atoms with Gasteiger partial charge < -0.3 is 14.8 Å². The molecule has 0 radical (unpaired) electrons. The van der Waals surface area contributed by atoms with Crippen LogP contribution in [0.5, 0.6) is 5.75 Å². The van der Waals surface area contributed by atoms with E-state index in [0.717, 1.165) is 31.9 Å². The van der Waals surface area contributed by atoms with Crippen molar-refractivity contribution in [3.05, 3.63) is 29.3 Å². The smallest absolute Gasteiger partial charge is 0.123 e. The van der Waals surface area contributed by atoms with Crippen molar-refractivity contribution < 1.29 is 9.47 Å². The van der Waals surface area contributed by atoms with E-state index >= 15 is 0 Å². The summed E-state index contributed by atoms with van der Waals surface area (Å²) in [5, 5.41) is 3.49. The molecule has 3 nitrogen and oxygen atoms in total. The zero-order valence-corrected chi connectivity index (χ0v) is 11.9. The van der Waals surface area contributed by atoms with Crippen LogP contribution in [0.15, 0.2) is 18.2 Å². The summed E-state index contributed by atoms with van der Waals surface area (Å²) in [4.78, 5) is 0. The maximum Gasteiger partial charge on any atom is 0.123 e. The Morgan fingerprint density at radius 3 is 3.05 bits per heavy atom. The monoisotopic (exact) mass is 261 g/mol. The van der Waals surface area contributed by atoms with Crippen LogP contribution in [0.3, 0.4) is 0 Å². The Bertz CT molecular complexity index is 450. The van der Waals surface area contributed by atoms with Gasteiger partial charge in [-0.2, -0.15) is 0 Å². The molecule has 1 unspecified atom stereocenters. The fraction of sp³-hybridized carbons (Fsp3) is 0.625. The highest BCUT2D eigenvalue weighted by Gasteiger charge is 2.29. The van der Waals surface area contributed by atoms with Crippen molar-refractivity contribution in [3.63, 3.8) is 0 Å². The molecule has 1 saturated heterocycles. The van der Waals surface area contributed by atoms with Crippen LogP contribution >= 0.6 is 0 Å². The van der Waals surface area contributed by atoms with Crippen LogP contribution in [0.25, 0.3) is 0 Å².